The minimum Gasteiger partial charge on any atom is -0.311 e. The largest absolute Gasteiger partial charge is 0.311 e. The summed E-state index contributed by atoms with van der Waals surface area (Å²) in [6.45, 7) is 28.9. The molecule has 0 N–H and O–H groups in total. The van der Waals surface area contributed by atoms with Crippen LogP contribution in [0, 0.1) is 0 Å². The smallest absolute Gasteiger partial charge is 0.0467 e. The first kappa shape index (κ1) is 87.6. The minimum atomic E-state index is -0.0728. The van der Waals surface area contributed by atoms with E-state index < -0.39 is 0 Å². The summed E-state index contributed by atoms with van der Waals surface area (Å²) in [6, 6.07) is 174. The molecule has 3 aliphatic carbocycles. The van der Waals surface area contributed by atoms with Gasteiger partial charge in [-0.05, 0) is 299 Å². The number of hydrogen-bond acceptors (Lipinski definition) is 3. The van der Waals surface area contributed by atoms with Crippen molar-refractivity contribution in [3.05, 3.63) is 513 Å². The summed E-state index contributed by atoms with van der Waals surface area (Å²) >= 11 is 0. The first-order valence-corrected chi connectivity index (χ1v) is 47.7. The van der Waals surface area contributed by atoms with Crippen molar-refractivity contribution >= 4 is 51.2 Å². The van der Waals surface area contributed by atoms with E-state index in [4.69, 9.17) is 0 Å². The summed E-state index contributed by atoms with van der Waals surface area (Å²) in [7, 11) is 0. The van der Waals surface area contributed by atoms with Crippen molar-refractivity contribution in [1.82, 2.24) is 0 Å². The number of fused-ring (bicyclic) bond motifs is 9. The second kappa shape index (κ2) is 35.9. The highest BCUT2D eigenvalue weighted by Crippen LogP contribution is 2.60. The van der Waals surface area contributed by atoms with Crippen LogP contribution in [0.4, 0.5) is 51.2 Å². The van der Waals surface area contributed by atoms with Crippen LogP contribution in [0.5, 0.6) is 0 Å². The molecule has 658 valence electrons. The maximum Gasteiger partial charge on any atom is 0.0467 e. The number of anilines is 9. The van der Waals surface area contributed by atoms with E-state index in [0.29, 0.717) is 0 Å². The summed E-state index contributed by atoms with van der Waals surface area (Å²) in [5.41, 5.74) is 44.0. The van der Waals surface area contributed by atoms with Gasteiger partial charge in [-0.1, -0.05) is 435 Å². The van der Waals surface area contributed by atoms with Crippen LogP contribution in [-0.2, 0) is 32.5 Å². The second-order valence-corrected chi connectivity index (χ2v) is 39.6. The van der Waals surface area contributed by atoms with Gasteiger partial charge in [-0.15, -0.1) is 0 Å². The highest BCUT2D eigenvalue weighted by Gasteiger charge is 2.50. The third kappa shape index (κ3) is 16.2. The summed E-state index contributed by atoms with van der Waals surface area (Å²) in [5.74, 6) is 0. The fourth-order valence-corrected chi connectivity index (χ4v) is 21.1. The molecule has 0 heterocycles. The molecule has 0 fully saturated rings. The lowest BCUT2D eigenvalue weighted by molar-refractivity contribution is 0.299. The zero-order chi connectivity index (χ0) is 92.8. The van der Waals surface area contributed by atoms with Gasteiger partial charge in [0.15, 0.2) is 0 Å². The predicted molar refractivity (Wildman–Crippen MR) is 576 cm³/mol. The van der Waals surface area contributed by atoms with Crippen molar-refractivity contribution < 1.29 is 0 Å². The monoisotopic (exact) mass is 1740 g/mol. The lowest BCUT2D eigenvalue weighted by atomic mass is 9.54. The van der Waals surface area contributed by atoms with Crippen molar-refractivity contribution in [2.24, 2.45) is 0 Å². The highest BCUT2D eigenvalue weighted by atomic mass is 15.2. The molecule has 3 aliphatic rings. The molecule has 0 amide bonds. The Balaban J connectivity index is 0.000000126. The summed E-state index contributed by atoms with van der Waals surface area (Å²) in [6.07, 6.45) is 0. The molecule has 135 heavy (non-hydrogen) atoms. The molecule has 0 aromatic heterocycles. The molecule has 0 saturated carbocycles. The van der Waals surface area contributed by atoms with Crippen molar-refractivity contribution in [3.8, 4) is 111 Å². The fourth-order valence-electron chi connectivity index (χ4n) is 21.1. The van der Waals surface area contributed by atoms with Gasteiger partial charge < -0.3 is 14.7 Å². The lowest BCUT2D eigenvalue weighted by Gasteiger charge is -2.49. The lowest BCUT2D eigenvalue weighted by Crippen LogP contribution is -2.43. The Hall–Kier alpha value is -15.4. The van der Waals surface area contributed by atoms with Crippen molar-refractivity contribution in [3.63, 3.8) is 0 Å². The SMILES string of the molecule is CC1(C)c2cc(-c3ccc(N(c4ccccc4)c4ccc(-c5ccccc5)cc4)cc3)ccc2-c2c(-c3ccccc3)cccc2C1(C)C.CC1(C)c2cc(-c3ccccc3)ccc2-c2ccc(-c3cccc(N(c4ccccc4)c4ccccc4)c3)cc2C1(C)C.CC1(C)c2ccccc2-c2cccc(-c3ccc(N(c4ccccc4)c4ccc(-c5ccccc5)cc4)cc3)c2C1(C)C. The molecule has 0 unspecified atom stereocenters. The van der Waals surface area contributed by atoms with E-state index >= 15 is 0 Å². The standard InChI is InChI=1S/C48H41N.2C42H37N/c1-47(2)44-22-14-21-42(37-17-10-6-11-18-37)46(44)43-32-27-38(33-45(43)48(47,3)4)36-25-30-41(31-26-36)49(39-19-12-7-13-20-39)40-28-23-35(24-29-40)34-15-8-5-9-16-34;1-41(2)39-28-32(30-15-8-5-9-16-30)23-25-37(39)38-26-24-33(29-40(38)42(41,3)4)31-17-14-22-36(27-31)43(34-18-10-6-11-19-34)35-20-12-7-13-21-35;1-41(2)39-21-12-11-18-37(39)38-20-13-19-36(40(38)42(41,3)4)32-24-28-35(29-25-32)43(33-16-9-6-10-17-33)34-26-22-31(23-27-34)30-14-7-5-8-15-30/h5-33H,1-4H3;2*5-29H,1-4H3. The Bertz CT molecular complexity index is 7390. The quantitative estimate of drug-likeness (QED) is 0.0955. The van der Waals surface area contributed by atoms with Crippen LogP contribution in [0.2, 0.25) is 0 Å². The number of para-hydroxylation sites is 4. The molecule has 0 bridgehead atoms. The van der Waals surface area contributed by atoms with Crippen LogP contribution < -0.4 is 14.7 Å². The zero-order valence-corrected chi connectivity index (χ0v) is 79.5. The number of hydrogen-bond donors (Lipinski definition) is 0. The van der Waals surface area contributed by atoms with E-state index in [-0.39, 0.29) is 32.5 Å². The Morgan fingerprint density at radius 1 is 0.126 bits per heavy atom. The highest BCUT2D eigenvalue weighted by molar-refractivity contribution is 5.94. The van der Waals surface area contributed by atoms with E-state index in [9.17, 15) is 0 Å². The first-order chi connectivity index (χ1) is 65.5. The van der Waals surface area contributed by atoms with Crippen LogP contribution in [0.1, 0.15) is 116 Å². The van der Waals surface area contributed by atoms with Crippen LogP contribution in [0.25, 0.3) is 111 Å². The van der Waals surface area contributed by atoms with E-state index in [0.717, 1.165) is 51.2 Å². The molecular weight excluding hydrogens is 1630 g/mol. The molecule has 3 heteroatoms. The summed E-state index contributed by atoms with van der Waals surface area (Å²) in [4.78, 5) is 7.00. The van der Waals surface area contributed by atoms with E-state index in [1.165, 1.54) is 145 Å². The Morgan fingerprint density at radius 3 is 0.770 bits per heavy atom. The molecule has 19 aromatic carbocycles. The predicted octanol–water partition coefficient (Wildman–Crippen LogP) is 36.8. The third-order valence-corrected chi connectivity index (χ3v) is 30.7. The van der Waals surface area contributed by atoms with Crippen LogP contribution in [-0.4, -0.2) is 0 Å². The molecule has 3 nitrogen and oxygen atoms in total. The minimum absolute atomic E-state index is 0.0113. The van der Waals surface area contributed by atoms with E-state index in [1.54, 1.807) is 0 Å². The normalized spacial score (nSPS) is 14.3. The molecule has 0 atom stereocenters. The Kier molecular flexibility index (Phi) is 23.3. The zero-order valence-electron chi connectivity index (χ0n) is 79.5. The fraction of sp³-hybridized carbons (Fsp3) is 0.136. The molecule has 19 aromatic rings. The van der Waals surface area contributed by atoms with Crippen molar-refractivity contribution in [2.75, 3.05) is 14.7 Å². The van der Waals surface area contributed by atoms with Gasteiger partial charge >= 0.3 is 0 Å². The van der Waals surface area contributed by atoms with Gasteiger partial charge in [0.1, 0.15) is 0 Å². The Morgan fingerprint density at radius 2 is 0.348 bits per heavy atom. The summed E-state index contributed by atoms with van der Waals surface area (Å²) in [5, 5.41) is 0. The molecule has 0 spiro atoms. The molecular formula is C132H115N3. The molecule has 0 radical (unpaired) electrons. The molecule has 0 saturated heterocycles. The first-order valence-electron chi connectivity index (χ1n) is 47.7. The third-order valence-electron chi connectivity index (χ3n) is 30.7. The van der Waals surface area contributed by atoms with E-state index in [1.807, 2.05) is 0 Å². The van der Waals surface area contributed by atoms with E-state index in [2.05, 4.69) is 577 Å². The Labute approximate surface area is 799 Å². The van der Waals surface area contributed by atoms with Gasteiger partial charge in [-0.25, -0.2) is 0 Å². The average Bonchev–Trinajstić information content (AvgIpc) is 0.711. The van der Waals surface area contributed by atoms with Gasteiger partial charge in [-0.2, -0.15) is 0 Å². The molecule has 22 rings (SSSR count). The van der Waals surface area contributed by atoms with Crippen molar-refractivity contribution in [2.45, 2.75) is 116 Å². The maximum atomic E-state index is 2.45. The second-order valence-electron chi connectivity index (χ2n) is 39.6. The van der Waals surface area contributed by atoms with Crippen LogP contribution >= 0.6 is 0 Å². The van der Waals surface area contributed by atoms with Gasteiger partial charge in [0.2, 0.25) is 0 Å². The van der Waals surface area contributed by atoms with Crippen molar-refractivity contribution in [1.29, 1.82) is 0 Å². The summed E-state index contributed by atoms with van der Waals surface area (Å²) < 4.78 is 0. The van der Waals surface area contributed by atoms with Crippen LogP contribution in [0.3, 0.4) is 0 Å². The average molecular weight is 1740 g/mol. The topological polar surface area (TPSA) is 9.72 Å². The van der Waals surface area contributed by atoms with Gasteiger partial charge in [0.25, 0.3) is 0 Å². The van der Waals surface area contributed by atoms with Gasteiger partial charge in [0, 0.05) is 56.6 Å². The van der Waals surface area contributed by atoms with Gasteiger partial charge in [0.05, 0.1) is 0 Å². The number of nitrogens with zero attached hydrogens (tertiary/aromatic N) is 3. The van der Waals surface area contributed by atoms with Crippen LogP contribution in [0.15, 0.2) is 479 Å². The molecule has 0 aliphatic heterocycles. The number of benzene rings is 19. The van der Waals surface area contributed by atoms with Gasteiger partial charge in [-0.3, -0.25) is 0 Å². The maximum absolute atomic E-state index is 2.45. The number of rotatable bonds is 16.